The van der Waals surface area contributed by atoms with Crippen molar-refractivity contribution in [1.82, 2.24) is 20.4 Å². The highest BCUT2D eigenvalue weighted by Crippen LogP contribution is 2.24. The first-order valence-electron chi connectivity index (χ1n) is 9.25. The van der Waals surface area contributed by atoms with Gasteiger partial charge in [-0.25, -0.2) is 4.99 Å². The Labute approximate surface area is 183 Å². The molecule has 0 radical (unpaired) electrons. The first kappa shape index (κ1) is 23.9. The summed E-state index contributed by atoms with van der Waals surface area (Å²) in [4.78, 5) is 5.67. The number of aliphatic imine (C=N–C) groups is 1. The second kappa shape index (κ2) is 11.0. The lowest BCUT2D eigenvalue weighted by molar-refractivity contribution is 0.0655. The third-order valence-electron chi connectivity index (χ3n) is 4.42. The van der Waals surface area contributed by atoms with Crippen molar-refractivity contribution in [3.05, 3.63) is 39.3 Å². The third-order valence-corrected chi connectivity index (χ3v) is 5.54. The van der Waals surface area contributed by atoms with E-state index in [9.17, 15) is 5.11 Å². The van der Waals surface area contributed by atoms with Crippen molar-refractivity contribution in [3.8, 4) is 0 Å². The maximum atomic E-state index is 10.7. The van der Waals surface area contributed by atoms with Crippen LogP contribution < -0.4 is 10.6 Å². The first-order chi connectivity index (χ1) is 12.4. The highest BCUT2D eigenvalue weighted by Gasteiger charge is 2.24. The van der Waals surface area contributed by atoms with E-state index in [-0.39, 0.29) is 24.0 Å². The summed E-state index contributed by atoms with van der Waals surface area (Å²) in [7, 11) is 1.99. The monoisotopic (exact) mass is 505 g/mol. The highest BCUT2D eigenvalue weighted by molar-refractivity contribution is 14.0. The van der Waals surface area contributed by atoms with E-state index < -0.39 is 5.60 Å². The van der Waals surface area contributed by atoms with Crippen molar-refractivity contribution < 1.29 is 5.11 Å². The molecule has 2 aromatic heterocycles. The third kappa shape index (κ3) is 6.18. The van der Waals surface area contributed by atoms with Gasteiger partial charge in [0.25, 0.3) is 0 Å². The Bertz CT molecular complexity index is 725. The molecule has 152 valence electrons. The Morgan fingerprint density at radius 2 is 2.04 bits per heavy atom. The molecule has 0 aliphatic heterocycles. The molecule has 0 aliphatic rings. The Morgan fingerprint density at radius 3 is 2.59 bits per heavy atom. The van der Waals surface area contributed by atoms with E-state index in [0.717, 1.165) is 30.0 Å². The largest absolute Gasteiger partial charge is 0.383 e. The smallest absolute Gasteiger partial charge is 0.191 e. The quantitative estimate of drug-likeness (QED) is 0.293. The Hall–Kier alpha value is -1.13. The van der Waals surface area contributed by atoms with Gasteiger partial charge in [-0.05, 0) is 38.1 Å². The van der Waals surface area contributed by atoms with Gasteiger partial charge in [0.1, 0.15) is 5.60 Å². The van der Waals surface area contributed by atoms with Gasteiger partial charge < -0.3 is 15.7 Å². The molecule has 6 nitrogen and oxygen atoms in total. The van der Waals surface area contributed by atoms with Gasteiger partial charge in [0, 0.05) is 29.7 Å². The minimum Gasteiger partial charge on any atom is -0.383 e. The summed E-state index contributed by atoms with van der Waals surface area (Å²) in [6.07, 6.45) is 1.83. The van der Waals surface area contributed by atoms with Crippen LogP contribution in [-0.2, 0) is 32.0 Å². The van der Waals surface area contributed by atoms with Crippen molar-refractivity contribution in [3.63, 3.8) is 0 Å². The van der Waals surface area contributed by atoms with Crippen molar-refractivity contribution in [2.45, 2.75) is 52.7 Å². The molecule has 0 amide bonds. The first-order valence-corrected chi connectivity index (χ1v) is 10.1. The lowest BCUT2D eigenvalue weighted by atomic mass is 10.1. The zero-order valence-electron chi connectivity index (χ0n) is 16.9. The molecule has 8 heteroatoms. The van der Waals surface area contributed by atoms with Crippen LogP contribution in [0.4, 0.5) is 0 Å². The van der Waals surface area contributed by atoms with E-state index in [2.05, 4.69) is 29.6 Å². The van der Waals surface area contributed by atoms with Gasteiger partial charge >= 0.3 is 0 Å². The molecule has 0 fully saturated rings. The van der Waals surface area contributed by atoms with Gasteiger partial charge in [0.15, 0.2) is 5.96 Å². The number of hydrogen-bond acceptors (Lipinski definition) is 4. The topological polar surface area (TPSA) is 74.5 Å². The predicted molar refractivity (Wildman–Crippen MR) is 124 cm³/mol. The number of aliphatic hydroxyl groups is 1. The summed E-state index contributed by atoms with van der Waals surface area (Å²) in [6.45, 7) is 9.86. The molecule has 0 bridgehead atoms. The molecule has 2 aromatic rings. The van der Waals surface area contributed by atoms with Gasteiger partial charge in [-0.3, -0.25) is 4.68 Å². The number of thiophene rings is 1. The van der Waals surface area contributed by atoms with E-state index in [1.54, 1.807) is 11.3 Å². The van der Waals surface area contributed by atoms with E-state index in [1.807, 2.05) is 43.1 Å². The number of nitrogens with one attached hydrogen (secondary N) is 2. The number of aryl methyl sites for hydroxylation is 2. The number of aromatic nitrogens is 2. The zero-order chi connectivity index (χ0) is 19.2. The molecule has 3 N–H and O–H groups in total. The fourth-order valence-electron chi connectivity index (χ4n) is 3.00. The van der Waals surface area contributed by atoms with Crippen molar-refractivity contribution in [2.24, 2.45) is 12.0 Å². The standard InChI is InChI=1S/C19H31N5OS.HI/c1-6-15-14(16(7-2)24(5)23-15)12-21-18(20-8-3)22-13-19(4,25)17-10-9-11-26-17;/h9-11,25H,6-8,12-13H2,1-5H3,(H2,20,21,22);1H. The lowest BCUT2D eigenvalue weighted by Gasteiger charge is -2.23. The normalized spacial score (nSPS) is 13.8. The molecule has 0 saturated heterocycles. The van der Waals surface area contributed by atoms with Crippen LogP contribution in [0.25, 0.3) is 0 Å². The molecular weight excluding hydrogens is 473 g/mol. The van der Waals surface area contributed by atoms with Crippen LogP contribution in [0.1, 0.15) is 49.5 Å². The van der Waals surface area contributed by atoms with E-state index >= 15 is 0 Å². The van der Waals surface area contributed by atoms with E-state index in [0.29, 0.717) is 19.0 Å². The van der Waals surface area contributed by atoms with Crippen molar-refractivity contribution in [2.75, 3.05) is 13.1 Å². The fourth-order valence-corrected chi connectivity index (χ4v) is 3.79. The van der Waals surface area contributed by atoms with Crippen LogP contribution in [0.3, 0.4) is 0 Å². The van der Waals surface area contributed by atoms with Gasteiger partial charge in [-0.2, -0.15) is 5.10 Å². The minimum absolute atomic E-state index is 0. The summed E-state index contributed by atoms with van der Waals surface area (Å²) < 4.78 is 1.96. The molecule has 0 spiro atoms. The average Bonchev–Trinajstić information content (AvgIpc) is 3.25. The number of nitrogens with zero attached hydrogens (tertiary/aromatic N) is 3. The molecule has 1 atom stereocenters. The molecule has 1 unspecified atom stereocenters. The van der Waals surface area contributed by atoms with Crippen LogP contribution in [0.5, 0.6) is 0 Å². The minimum atomic E-state index is -0.929. The SMILES string of the molecule is CCNC(=NCc1c(CC)nn(C)c1CC)NCC(C)(O)c1cccs1.I. The second-order valence-corrected chi connectivity index (χ2v) is 7.45. The van der Waals surface area contributed by atoms with Gasteiger partial charge in [-0.15, -0.1) is 35.3 Å². The molecule has 0 aliphatic carbocycles. The Kier molecular flexibility index (Phi) is 9.75. The summed E-state index contributed by atoms with van der Waals surface area (Å²) in [5.41, 5.74) is 2.61. The second-order valence-electron chi connectivity index (χ2n) is 6.50. The van der Waals surface area contributed by atoms with Crippen LogP contribution >= 0.6 is 35.3 Å². The van der Waals surface area contributed by atoms with Gasteiger partial charge in [-0.1, -0.05) is 19.9 Å². The molecule has 0 aromatic carbocycles. The number of halogens is 1. The summed E-state index contributed by atoms with van der Waals surface area (Å²) >= 11 is 1.56. The predicted octanol–water partition coefficient (Wildman–Crippen LogP) is 3.19. The van der Waals surface area contributed by atoms with Crippen LogP contribution in [0, 0.1) is 0 Å². The average molecular weight is 505 g/mol. The molecule has 0 saturated carbocycles. The molecule has 27 heavy (non-hydrogen) atoms. The van der Waals surface area contributed by atoms with Crippen LogP contribution in [-0.4, -0.2) is 33.9 Å². The van der Waals surface area contributed by atoms with Crippen molar-refractivity contribution >= 4 is 41.3 Å². The van der Waals surface area contributed by atoms with Gasteiger partial charge in [0.2, 0.25) is 0 Å². The number of hydrogen-bond donors (Lipinski definition) is 3. The number of rotatable bonds is 8. The summed E-state index contributed by atoms with van der Waals surface area (Å²) in [5, 5.41) is 23.8. The molecule has 2 rings (SSSR count). The maximum absolute atomic E-state index is 10.7. The van der Waals surface area contributed by atoms with E-state index in [4.69, 9.17) is 4.99 Å². The molecular formula is C19H32IN5OS. The summed E-state index contributed by atoms with van der Waals surface area (Å²) in [6, 6.07) is 3.90. The highest BCUT2D eigenvalue weighted by atomic mass is 127. The lowest BCUT2D eigenvalue weighted by Crippen LogP contribution is -2.44. The van der Waals surface area contributed by atoms with Crippen LogP contribution in [0.15, 0.2) is 22.5 Å². The van der Waals surface area contributed by atoms with Crippen LogP contribution in [0.2, 0.25) is 0 Å². The molecule has 2 heterocycles. The number of guanidine groups is 1. The zero-order valence-corrected chi connectivity index (χ0v) is 20.0. The fraction of sp³-hybridized carbons (Fsp3) is 0.579. The maximum Gasteiger partial charge on any atom is 0.191 e. The Morgan fingerprint density at radius 1 is 1.30 bits per heavy atom. The van der Waals surface area contributed by atoms with E-state index in [1.165, 1.54) is 11.3 Å². The Balaban J connectivity index is 0.00000364. The summed E-state index contributed by atoms with van der Waals surface area (Å²) in [5.74, 6) is 0.706. The van der Waals surface area contributed by atoms with Crippen molar-refractivity contribution in [1.29, 1.82) is 0 Å². The van der Waals surface area contributed by atoms with Gasteiger partial charge in [0.05, 0.1) is 18.8 Å².